The zero-order valence-electron chi connectivity index (χ0n) is 14.9. The molecule has 0 unspecified atom stereocenters. The predicted molar refractivity (Wildman–Crippen MR) is 101 cm³/mol. The Labute approximate surface area is 158 Å². The summed E-state index contributed by atoms with van der Waals surface area (Å²) in [5.41, 5.74) is 3.18. The van der Waals surface area contributed by atoms with Gasteiger partial charge in [-0.25, -0.2) is 4.98 Å². The van der Waals surface area contributed by atoms with Crippen molar-refractivity contribution in [3.63, 3.8) is 0 Å². The summed E-state index contributed by atoms with van der Waals surface area (Å²) in [5.74, 6) is 0.0364. The van der Waals surface area contributed by atoms with Crippen LogP contribution in [0, 0.1) is 25.2 Å². The van der Waals surface area contributed by atoms with Gasteiger partial charge in [0.05, 0.1) is 18.8 Å². The quantitative estimate of drug-likeness (QED) is 0.776. The molecule has 1 atom stereocenters. The zero-order valence-corrected chi connectivity index (χ0v) is 15.8. The molecule has 6 heteroatoms. The molecule has 0 saturated carbocycles. The van der Waals surface area contributed by atoms with Crippen LogP contribution in [0.2, 0.25) is 0 Å². The van der Waals surface area contributed by atoms with E-state index in [0.29, 0.717) is 36.9 Å². The van der Waals surface area contributed by atoms with Gasteiger partial charge in [0.25, 0.3) is 0 Å². The van der Waals surface area contributed by atoms with Gasteiger partial charge in [0.15, 0.2) is 0 Å². The molecule has 0 spiro atoms. The number of ether oxygens (including phenoxy) is 1. The van der Waals surface area contributed by atoms with E-state index in [1.54, 1.807) is 0 Å². The topological polar surface area (TPSA) is 66.2 Å². The number of amides is 1. The molecule has 1 aliphatic heterocycles. The molecule has 0 radical (unpaired) electrons. The second-order valence-corrected chi connectivity index (χ2v) is 7.31. The van der Waals surface area contributed by atoms with Crippen molar-refractivity contribution in [3.05, 3.63) is 58.8 Å². The van der Waals surface area contributed by atoms with Crippen LogP contribution in [0.25, 0.3) is 0 Å². The van der Waals surface area contributed by atoms with Gasteiger partial charge in [0.1, 0.15) is 16.3 Å². The zero-order chi connectivity index (χ0) is 18.5. The van der Waals surface area contributed by atoms with Crippen molar-refractivity contribution in [2.75, 3.05) is 26.3 Å². The summed E-state index contributed by atoms with van der Waals surface area (Å²) < 4.78 is 5.37. The first-order valence-corrected chi connectivity index (χ1v) is 9.44. The van der Waals surface area contributed by atoms with Gasteiger partial charge in [-0.2, -0.15) is 5.26 Å². The highest BCUT2D eigenvalue weighted by Crippen LogP contribution is 2.38. The van der Waals surface area contributed by atoms with Crippen LogP contribution in [-0.2, 0) is 9.53 Å². The maximum Gasteiger partial charge on any atom is 0.240 e. The van der Waals surface area contributed by atoms with E-state index in [-0.39, 0.29) is 5.91 Å². The summed E-state index contributed by atoms with van der Waals surface area (Å²) in [6, 6.07) is 13.8. The van der Waals surface area contributed by atoms with Crippen LogP contribution in [0.1, 0.15) is 27.6 Å². The van der Waals surface area contributed by atoms with Crippen LogP contribution in [0.3, 0.4) is 0 Å². The minimum absolute atomic E-state index is 0.0364. The summed E-state index contributed by atoms with van der Waals surface area (Å²) in [4.78, 5) is 19.6. The maximum atomic E-state index is 13.2. The van der Waals surface area contributed by atoms with Gasteiger partial charge in [-0.15, -0.1) is 0 Å². The first-order valence-electron chi connectivity index (χ1n) is 8.56. The highest BCUT2D eigenvalue weighted by molar-refractivity contribution is 8.00. The van der Waals surface area contributed by atoms with E-state index >= 15 is 0 Å². The second-order valence-electron chi connectivity index (χ2n) is 6.22. The van der Waals surface area contributed by atoms with Crippen LogP contribution in [0.4, 0.5) is 0 Å². The molecule has 1 fully saturated rings. The van der Waals surface area contributed by atoms with E-state index in [1.807, 2.05) is 55.1 Å². The second kappa shape index (κ2) is 8.35. The molecule has 0 bridgehead atoms. The van der Waals surface area contributed by atoms with Crippen molar-refractivity contribution in [2.24, 2.45) is 0 Å². The number of nitrogens with zero attached hydrogens (tertiary/aromatic N) is 3. The first kappa shape index (κ1) is 18.4. The molecule has 1 aromatic heterocycles. The largest absolute Gasteiger partial charge is 0.378 e. The van der Waals surface area contributed by atoms with Crippen molar-refractivity contribution < 1.29 is 9.53 Å². The Kier molecular flexibility index (Phi) is 5.92. The Balaban J connectivity index is 1.97. The predicted octanol–water partition coefficient (Wildman–Crippen LogP) is 3.26. The SMILES string of the molecule is Cc1cc(C)c(C#N)c(S[C@H](C(=O)N2CCOCC2)c2ccccc2)n1. The third-order valence-electron chi connectivity index (χ3n) is 4.30. The molecule has 1 saturated heterocycles. The number of benzene rings is 1. The minimum Gasteiger partial charge on any atom is -0.378 e. The summed E-state index contributed by atoms with van der Waals surface area (Å²) >= 11 is 1.36. The van der Waals surface area contributed by atoms with Gasteiger partial charge < -0.3 is 9.64 Å². The lowest BCUT2D eigenvalue weighted by Crippen LogP contribution is -2.42. The number of hydrogen-bond donors (Lipinski definition) is 0. The normalized spacial score (nSPS) is 15.3. The van der Waals surface area contributed by atoms with E-state index in [1.165, 1.54) is 11.8 Å². The molecule has 3 rings (SSSR count). The number of thioether (sulfide) groups is 1. The Morgan fingerprint density at radius 1 is 1.27 bits per heavy atom. The van der Waals surface area contributed by atoms with Crippen molar-refractivity contribution in [1.29, 1.82) is 5.26 Å². The lowest BCUT2D eigenvalue weighted by molar-refractivity contribution is -0.134. The molecule has 1 aliphatic rings. The lowest BCUT2D eigenvalue weighted by atomic mass is 10.1. The molecule has 0 aliphatic carbocycles. The van der Waals surface area contributed by atoms with Crippen LogP contribution in [-0.4, -0.2) is 42.1 Å². The molecule has 1 aromatic carbocycles. The molecule has 1 amide bonds. The number of morpholine rings is 1. The lowest BCUT2D eigenvalue weighted by Gasteiger charge is -2.30. The van der Waals surface area contributed by atoms with Crippen molar-refractivity contribution in [2.45, 2.75) is 24.1 Å². The number of aromatic nitrogens is 1. The fourth-order valence-corrected chi connectivity index (χ4v) is 4.26. The van der Waals surface area contributed by atoms with Gasteiger partial charge in [-0.05, 0) is 31.0 Å². The number of rotatable bonds is 4. The average Bonchev–Trinajstić information content (AvgIpc) is 2.66. The molecule has 26 heavy (non-hydrogen) atoms. The van der Waals surface area contributed by atoms with Gasteiger partial charge in [0.2, 0.25) is 5.91 Å². The Morgan fingerprint density at radius 3 is 2.62 bits per heavy atom. The molecule has 2 aromatic rings. The van der Waals surface area contributed by atoms with Crippen molar-refractivity contribution in [3.8, 4) is 6.07 Å². The van der Waals surface area contributed by atoms with Crippen LogP contribution >= 0.6 is 11.8 Å². The molecular formula is C20H21N3O2S. The first-order chi connectivity index (χ1) is 12.6. The van der Waals surface area contributed by atoms with Gasteiger partial charge in [0, 0.05) is 18.8 Å². The van der Waals surface area contributed by atoms with E-state index in [4.69, 9.17) is 4.74 Å². The summed E-state index contributed by atoms with van der Waals surface area (Å²) in [6.45, 7) is 6.10. The Morgan fingerprint density at radius 2 is 1.96 bits per heavy atom. The van der Waals surface area contributed by atoms with Gasteiger partial charge in [-0.1, -0.05) is 42.1 Å². The molecular weight excluding hydrogens is 346 g/mol. The minimum atomic E-state index is -0.435. The van der Waals surface area contributed by atoms with E-state index in [0.717, 1.165) is 16.8 Å². The van der Waals surface area contributed by atoms with Crippen LogP contribution in [0.5, 0.6) is 0 Å². The standard InChI is InChI=1S/C20H21N3O2S/c1-14-12-15(2)22-19(17(14)13-21)26-18(16-6-4-3-5-7-16)20(24)23-8-10-25-11-9-23/h3-7,12,18H,8-11H2,1-2H3/t18-/m0/s1. The number of carbonyl (C=O) groups excluding carboxylic acids is 1. The number of aryl methyl sites for hydroxylation is 2. The van der Waals surface area contributed by atoms with Gasteiger partial charge in [-0.3, -0.25) is 4.79 Å². The molecule has 134 valence electrons. The summed E-state index contributed by atoms with van der Waals surface area (Å²) in [5, 5.41) is 9.72. The third-order valence-corrected chi connectivity index (χ3v) is 5.53. The van der Waals surface area contributed by atoms with Gasteiger partial charge >= 0.3 is 0 Å². The molecule has 0 N–H and O–H groups in total. The number of nitriles is 1. The molecule has 2 heterocycles. The fourth-order valence-electron chi connectivity index (χ4n) is 2.97. The van der Waals surface area contributed by atoms with Crippen molar-refractivity contribution >= 4 is 17.7 Å². The van der Waals surface area contributed by atoms with Crippen LogP contribution < -0.4 is 0 Å². The third kappa shape index (κ3) is 4.06. The number of pyridine rings is 1. The number of hydrogen-bond acceptors (Lipinski definition) is 5. The Bertz CT molecular complexity index is 827. The van der Waals surface area contributed by atoms with Crippen LogP contribution in [0.15, 0.2) is 41.4 Å². The van der Waals surface area contributed by atoms with E-state index in [9.17, 15) is 10.1 Å². The summed E-state index contributed by atoms with van der Waals surface area (Å²) in [6.07, 6.45) is 0. The summed E-state index contributed by atoms with van der Waals surface area (Å²) in [7, 11) is 0. The van der Waals surface area contributed by atoms with Crippen molar-refractivity contribution in [1.82, 2.24) is 9.88 Å². The van der Waals surface area contributed by atoms with E-state index < -0.39 is 5.25 Å². The smallest absolute Gasteiger partial charge is 0.240 e. The fraction of sp³-hybridized carbons (Fsp3) is 0.350. The highest BCUT2D eigenvalue weighted by Gasteiger charge is 2.29. The van der Waals surface area contributed by atoms with E-state index in [2.05, 4.69) is 11.1 Å². The maximum absolute atomic E-state index is 13.2. The highest BCUT2D eigenvalue weighted by atomic mass is 32.2. The monoisotopic (exact) mass is 367 g/mol. The average molecular weight is 367 g/mol. The molecule has 5 nitrogen and oxygen atoms in total. The Hall–Kier alpha value is -2.36. The number of carbonyl (C=O) groups is 1.